The van der Waals surface area contributed by atoms with Gasteiger partial charge in [-0.3, -0.25) is 4.79 Å². The van der Waals surface area contributed by atoms with E-state index in [4.69, 9.17) is 11.6 Å². The third-order valence-electron chi connectivity index (χ3n) is 7.28. The Bertz CT molecular complexity index is 1570. The standard InChI is InChI=1S/C29H32ClN4O3S2/c1-20(22-11-14-38-19-22)15-29(35)34(18-28-31-12-13-33(28)2)24-10-9-21-5-3-8-27(26(21)17-24)32-39(36,37)25-7-4-6-23(30)16-25/h4,6-7,9-14,16-17,19-20,27,30,32H,3,5,8,15,18H2,1-2H3/q+1/t20-,27-/m1/s1. The Morgan fingerprint density at radius 1 is 1.26 bits per heavy atom. The number of nitrogens with one attached hydrogen (secondary N) is 1. The minimum absolute atomic E-state index is 0.00755. The highest BCUT2D eigenvalue weighted by Gasteiger charge is 2.28. The van der Waals surface area contributed by atoms with Crippen LogP contribution in [0.25, 0.3) is 0 Å². The third-order valence-corrected chi connectivity index (χ3v) is 9.71. The van der Waals surface area contributed by atoms with Crippen molar-refractivity contribution in [1.29, 1.82) is 0 Å². The minimum Gasteiger partial charge on any atom is -0.337 e. The molecule has 2 heterocycles. The second kappa shape index (κ2) is 11.6. The van der Waals surface area contributed by atoms with Gasteiger partial charge in [0.25, 0.3) is 0 Å². The first-order chi connectivity index (χ1) is 18.7. The number of thiophene rings is 1. The zero-order chi connectivity index (χ0) is 27.6. The number of carbonyl (C=O) groups is 1. The van der Waals surface area contributed by atoms with Gasteiger partial charge in [0.2, 0.25) is 21.0 Å². The van der Waals surface area contributed by atoms with Crippen molar-refractivity contribution >= 4 is 33.0 Å². The molecule has 10 heteroatoms. The minimum atomic E-state index is -3.77. The van der Waals surface area contributed by atoms with Crippen molar-refractivity contribution in [3.63, 3.8) is 0 Å². The molecule has 2 atom stereocenters. The summed E-state index contributed by atoms with van der Waals surface area (Å²) in [4.78, 5) is 20.1. The average Bonchev–Trinajstić information content (AvgIpc) is 3.59. The molecular formula is C29H32ClN4O3S2+. The van der Waals surface area contributed by atoms with Crippen LogP contribution in [0.2, 0.25) is 5.02 Å². The molecule has 2 aromatic carbocycles. The molecule has 1 aliphatic rings. The van der Waals surface area contributed by atoms with E-state index in [0.717, 1.165) is 41.0 Å². The van der Waals surface area contributed by atoms with Crippen molar-refractivity contribution in [1.82, 2.24) is 14.3 Å². The number of aryl methyl sites for hydroxylation is 2. The van der Waals surface area contributed by atoms with Gasteiger partial charge in [-0.05, 0) is 76.9 Å². The summed E-state index contributed by atoms with van der Waals surface area (Å²) in [7, 11) is -1.86. The van der Waals surface area contributed by atoms with Gasteiger partial charge in [-0.25, -0.2) is 18.1 Å². The van der Waals surface area contributed by atoms with E-state index in [1.165, 1.54) is 6.07 Å². The van der Waals surface area contributed by atoms with Gasteiger partial charge in [0.15, 0.2) is 11.6 Å². The lowest BCUT2D eigenvalue weighted by Crippen LogP contribution is -2.34. The first-order valence-electron chi connectivity index (χ1n) is 12.9. The molecule has 0 bridgehead atoms. The average molecular weight is 584 g/mol. The van der Waals surface area contributed by atoms with Gasteiger partial charge >= 0.3 is 0 Å². The van der Waals surface area contributed by atoms with E-state index in [-0.39, 0.29) is 16.7 Å². The number of aromatic nitrogens is 2. The maximum absolute atomic E-state index is 13.8. The Hall–Kier alpha value is -2.98. The Balaban J connectivity index is 1.46. The number of carbonyl (C=O) groups excluding carboxylic acids is 1. The molecule has 204 valence electrons. The second-order valence-corrected chi connectivity index (χ2v) is 13.0. The number of hydrogen-bond acceptors (Lipinski definition) is 5. The molecule has 39 heavy (non-hydrogen) atoms. The SMILES string of the molecule is C[C@H](CC(=O)N(Cc1nccn1C)c1ccc2c(c1)[C@H](NS(=O)(=O)c1cccc([ClH+])c1)CCC2)c1ccsc1. The van der Waals surface area contributed by atoms with Crippen molar-refractivity contribution < 1.29 is 24.8 Å². The monoisotopic (exact) mass is 583 g/mol. The molecular weight excluding hydrogens is 552 g/mol. The van der Waals surface area contributed by atoms with Gasteiger partial charge in [-0.2, -0.15) is 11.3 Å². The quantitative estimate of drug-likeness (QED) is 0.291. The fourth-order valence-corrected chi connectivity index (χ4v) is 7.39. The van der Waals surface area contributed by atoms with E-state index in [1.54, 1.807) is 40.6 Å². The molecule has 1 amide bonds. The van der Waals surface area contributed by atoms with Crippen LogP contribution in [0.15, 0.2) is 76.6 Å². The molecule has 5 rings (SSSR count). The van der Waals surface area contributed by atoms with Crippen LogP contribution >= 0.6 is 11.3 Å². The van der Waals surface area contributed by atoms with Crippen LogP contribution < -0.4 is 9.62 Å². The van der Waals surface area contributed by atoms with Crippen LogP contribution in [0.1, 0.15) is 60.7 Å². The highest BCUT2D eigenvalue weighted by molar-refractivity contribution is 7.89. The third kappa shape index (κ3) is 6.27. The molecule has 0 spiro atoms. The summed E-state index contributed by atoms with van der Waals surface area (Å²) < 4.78 is 31.3. The number of anilines is 1. The predicted molar refractivity (Wildman–Crippen MR) is 151 cm³/mol. The molecule has 0 saturated heterocycles. The number of imidazole rings is 1. The molecule has 0 aliphatic heterocycles. The first-order valence-corrected chi connectivity index (χ1v) is 15.8. The summed E-state index contributed by atoms with van der Waals surface area (Å²) in [6.07, 6.45) is 6.34. The van der Waals surface area contributed by atoms with Crippen molar-refractivity contribution in [2.45, 2.75) is 56.0 Å². The lowest BCUT2D eigenvalue weighted by atomic mass is 9.87. The van der Waals surface area contributed by atoms with Crippen LogP contribution in [-0.2, 0) is 34.8 Å². The molecule has 0 radical (unpaired) electrons. The molecule has 4 aromatic rings. The Labute approximate surface area is 238 Å². The van der Waals surface area contributed by atoms with Gasteiger partial charge in [0.1, 0.15) is 5.82 Å². The lowest BCUT2D eigenvalue weighted by molar-refractivity contribution is -0.289. The summed E-state index contributed by atoms with van der Waals surface area (Å²) in [5, 5.41) is 4.58. The van der Waals surface area contributed by atoms with Crippen LogP contribution in [-0.4, -0.2) is 23.9 Å². The smallest absolute Gasteiger partial charge is 0.241 e. The molecule has 2 aromatic heterocycles. The van der Waals surface area contributed by atoms with Crippen LogP contribution in [0.5, 0.6) is 0 Å². The van der Waals surface area contributed by atoms with E-state index in [2.05, 4.69) is 28.1 Å². The number of nitrogens with zero attached hydrogens (tertiary/aromatic N) is 3. The van der Waals surface area contributed by atoms with Crippen molar-refractivity contribution in [2.75, 3.05) is 4.90 Å². The van der Waals surface area contributed by atoms with Gasteiger partial charge in [0, 0.05) is 49.7 Å². The van der Waals surface area contributed by atoms with Crippen molar-refractivity contribution in [3.8, 4) is 0 Å². The number of benzene rings is 2. The van der Waals surface area contributed by atoms with Crippen molar-refractivity contribution in [3.05, 3.63) is 99.2 Å². The number of fused-ring (bicyclic) bond motifs is 1. The normalized spacial score (nSPS) is 16.0. The fourth-order valence-electron chi connectivity index (χ4n) is 5.03. The fraction of sp³-hybridized carbons (Fsp3) is 0.310. The lowest BCUT2D eigenvalue weighted by Gasteiger charge is -2.30. The van der Waals surface area contributed by atoms with E-state index in [9.17, 15) is 13.2 Å². The van der Waals surface area contributed by atoms with Gasteiger partial charge < -0.3 is 9.47 Å². The number of rotatable bonds is 9. The summed E-state index contributed by atoms with van der Waals surface area (Å²) in [6, 6.07) is 14.0. The number of halogens is 1. The zero-order valence-electron chi connectivity index (χ0n) is 21.9. The van der Waals surface area contributed by atoms with Gasteiger partial charge in [-0.1, -0.05) is 19.1 Å². The number of sulfonamides is 1. The second-order valence-electron chi connectivity index (χ2n) is 10.0. The van der Waals surface area contributed by atoms with E-state index in [0.29, 0.717) is 24.4 Å². The maximum Gasteiger partial charge on any atom is 0.241 e. The van der Waals surface area contributed by atoms with Crippen LogP contribution in [0.4, 0.5) is 5.69 Å². The number of hydrogen-bond donors (Lipinski definition) is 1. The van der Waals surface area contributed by atoms with Crippen LogP contribution in [0, 0.1) is 11.6 Å². The van der Waals surface area contributed by atoms with Crippen molar-refractivity contribution in [2.24, 2.45) is 7.05 Å². The molecule has 0 unspecified atom stereocenters. The van der Waals surface area contributed by atoms with E-state index >= 15 is 0 Å². The molecule has 0 fully saturated rings. The summed E-state index contributed by atoms with van der Waals surface area (Å²) in [5.41, 5.74) is 3.87. The molecule has 1 aliphatic carbocycles. The molecule has 1 N–H and O–H groups in total. The highest BCUT2D eigenvalue weighted by Crippen LogP contribution is 2.35. The largest absolute Gasteiger partial charge is 0.337 e. The van der Waals surface area contributed by atoms with Crippen LogP contribution in [0.3, 0.4) is 0 Å². The van der Waals surface area contributed by atoms with E-state index < -0.39 is 16.1 Å². The Kier molecular flexibility index (Phi) is 8.23. The first kappa shape index (κ1) is 27.6. The maximum atomic E-state index is 13.8. The molecule has 7 nitrogen and oxygen atoms in total. The van der Waals surface area contributed by atoms with E-state index in [1.807, 2.05) is 41.4 Å². The van der Waals surface area contributed by atoms with Gasteiger partial charge in [0.05, 0.1) is 11.4 Å². The topological polar surface area (TPSA) is 84.3 Å². The number of amides is 1. The summed E-state index contributed by atoms with van der Waals surface area (Å²) >= 11 is 6.81. The zero-order valence-corrected chi connectivity index (χ0v) is 24.4. The summed E-state index contributed by atoms with van der Waals surface area (Å²) in [6.45, 7) is 2.38. The predicted octanol–water partition coefficient (Wildman–Crippen LogP) is 5.26. The molecule has 0 saturated carbocycles. The Morgan fingerprint density at radius 3 is 2.82 bits per heavy atom. The Morgan fingerprint density at radius 2 is 2.10 bits per heavy atom. The summed E-state index contributed by atoms with van der Waals surface area (Å²) in [5.74, 6) is 0.835. The van der Waals surface area contributed by atoms with Gasteiger partial charge in [-0.15, -0.1) is 0 Å². The highest BCUT2D eigenvalue weighted by atomic mass is 35.5.